The Bertz CT molecular complexity index is 1150. The summed E-state index contributed by atoms with van der Waals surface area (Å²) in [4.78, 5) is 0. The van der Waals surface area contributed by atoms with Crippen molar-refractivity contribution in [2.24, 2.45) is 0 Å². The molecule has 5 rings (SSSR count). The van der Waals surface area contributed by atoms with Crippen LogP contribution in [0.4, 0.5) is 0 Å². The van der Waals surface area contributed by atoms with E-state index < -0.39 is 0 Å². The van der Waals surface area contributed by atoms with Gasteiger partial charge in [0.1, 0.15) is 5.69 Å². The van der Waals surface area contributed by atoms with Crippen LogP contribution in [-0.2, 0) is 12.1 Å². The number of nitrogens with zero attached hydrogens (tertiary/aromatic N) is 7. The molecule has 0 aliphatic carbocycles. The van der Waals surface area contributed by atoms with Gasteiger partial charge in [-0.2, -0.15) is 0 Å². The molecule has 1 N–H and O–H groups in total. The first-order valence-corrected chi connectivity index (χ1v) is 9.65. The zero-order valence-electron chi connectivity index (χ0n) is 16.6. The first kappa shape index (κ1) is 17.7. The molecule has 1 atom stereocenters. The minimum absolute atomic E-state index is 0.161. The number of hydrogen-bond donors (Lipinski definition) is 1. The third-order valence-corrected chi connectivity index (χ3v) is 5.15. The summed E-state index contributed by atoms with van der Waals surface area (Å²) in [5.74, 6) is 0.782. The number of fused-ring (bicyclic) bond motifs is 3. The van der Waals surface area contributed by atoms with E-state index in [1.54, 1.807) is 0 Å². The lowest BCUT2D eigenvalue weighted by atomic mass is 10.0. The number of tetrazole rings is 1. The van der Waals surface area contributed by atoms with Gasteiger partial charge < -0.3 is 0 Å². The molecule has 8 heteroatoms. The highest BCUT2D eigenvalue weighted by molar-refractivity contribution is 5.63. The lowest BCUT2D eigenvalue weighted by Gasteiger charge is -2.24. The summed E-state index contributed by atoms with van der Waals surface area (Å²) in [5, 5.41) is 25.2. The van der Waals surface area contributed by atoms with Gasteiger partial charge in [-0.25, -0.2) is 9.36 Å². The topological polar surface area (TPSA) is 86.3 Å². The highest BCUT2D eigenvalue weighted by atomic mass is 15.6. The van der Waals surface area contributed by atoms with E-state index in [1.165, 1.54) is 0 Å². The van der Waals surface area contributed by atoms with Gasteiger partial charge in [0.25, 0.3) is 0 Å². The van der Waals surface area contributed by atoms with E-state index in [2.05, 4.69) is 76.2 Å². The second kappa shape index (κ2) is 6.59. The molecule has 1 unspecified atom stereocenters. The molecule has 2 aromatic heterocycles. The molecule has 0 spiro atoms. The normalized spacial score (nSPS) is 16.2. The van der Waals surface area contributed by atoms with Crippen LogP contribution in [-0.4, -0.2) is 35.2 Å². The molecule has 3 heterocycles. The maximum Gasteiger partial charge on any atom is 0.173 e. The van der Waals surface area contributed by atoms with Crippen molar-refractivity contribution < 1.29 is 0 Å². The zero-order valence-corrected chi connectivity index (χ0v) is 16.6. The van der Waals surface area contributed by atoms with Gasteiger partial charge in [-0.15, -0.1) is 10.2 Å². The first-order chi connectivity index (χ1) is 14.0. The summed E-state index contributed by atoms with van der Waals surface area (Å²) in [6, 6.07) is 18.2. The molecule has 0 radical (unpaired) electrons. The Kier molecular flexibility index (Phi) is 4.02. The standard InChI is InChI=1S/C21H22N8/c1-21(2,3)29-20(24-25-27-29)19-15-11-7-8-12-16(15)28-17(13-22-19)18(23-26-28)14-9-5-4-6-10-14/h4-12,19,22H,13H2,1-3H3. The van der Waals surface area contributed by atoms with Crippen LogP contribution >= 0.6 is 0 Å². The summed E-state index contributed by atoms with van der Waals surface area (Å²) >= 11 is 0. The van der Waals surface area contributed by atoms with E-state index in [9.17, 15) is 0 Å². The van der Waals surface area contributed by atoms with Crippen molar-refractivity contribution in [3.05, 3.63) is 71.7 Å². The van der Waals surface area contributed by atoms with Crippen molar-refractivity contribution in [3.63, 3.8) is 0 Å². The second-order valence-electron chi connectivity index (χ2n) is 8.16. The van der Waals surface area contributed by atoms with Crippen molar-refractivity contribution >= 4 is 0 Å². The zero-order chi connectivity index (χ0) is 20.0. The fourth-order valence-corrected chi connectivity index (χ4v) is 3.79. The number of aromatic nitrogens is 7. The lowest BCUT2D eigenvalue weighted by molar-refractivity contribution is 0.325. The van der Waals surface area contributed by atoms with Crippen molar-refractivity contribution in [1.82, 2.24) is 40.5 Å². The third-order valence-electron chi connectivity index (χ3n) is 5.15. The van der Waals surface area contributed by atoms with Crippen LogP contribution < -0.4 is 5.32 Å². The Morgan fingerprint density at radius 3 is 2.48 bits per heavy atom. The maximum atomic E-state index is 4.49. The van der Waals surface area contributed by atoms with Crippen molar-refractivity contribution in [3.8, 4) is 16.9 Å². The Morgan fingerprint density at radius 1 is 0.931 bits per heavy atom. The van der Waals surface area contributed by atoms with Crippen LogP contribution in [0.2, 0.25) is 0 Å². The Hall–Kier alpha value is -3.39. The largest absolute Gasteiger partial charge is 0.298 e. The van der Waals surface area contributed by atoms with Crippen LogP contribution in [0.1, 0.15) is 43.9 Å². The monoisotopic (exact) mass is 386 g/mol. The minimum atomic E-state index is -0.230. The Morgan fingerprint density at radius 2 is 1.69 bits per heavy atom. The molecule has 0 amide bonds. The molecule has 4 aromatic rings. The molecule has 1 aliphatic rings. The SMILES string of the molecule is CC(C)(C)n1nnnc1C1NCc2c(-c3ccccc3)nnn2-c2ccccc21. The fourth-order valence-electron chi connectivity index (χ4n) is 3.79. The summed E-state index contributed by atoms with van der Waals surface area (Å²) in [5.41, 5.74) is 4.76. The molecule has 8 nitrogen and oxygen atoms in total. The van der Waals surface area contributed by atoms with Crippen LogP contribution in [0.5, 0.6) is 0 Å². The smallest absolute Gasteiger partial charge is 0.173 e. The summed E-state index contributed by atoms with van der Waals surface area (Å²) in [6.07, 6.45) is 0. The first-order valence-electron chi connectivity index (χ1n) is 9.65. The predicted molar refractivity (Wildman–Crippen MR) is 108 cm³/mol. The Balaban J connectivity index is 1.66. The summed E-state index contributed by atoms with van der Waals surface area (Å²) in [7, 11) is 0. The molecular formula is C21H22N8. The van der Waals surface area contributed by atoms with E-state index in [0.717, 1.165) is 34.0 Å². The van der Waals surface area contributed by atoms with Gasteiger partial charge >= 0.3 is 0 Å². The second-order valence-corrected chi connectivity index (χ2v) is 8.16. The number of hydrogen-bond acceptors (Lipinski definition) is 6. The predicted octanol–water partition coefficient (Wildman–Crippen LogP) is 2.87. The average molecular weight is 386 g/mol. The van der Waals surface area contributed by atoms with Crippen molar-refractivity contribution in [1.29, 1.82) is 0 Å². The van der Waals surface area contributed by atoms with Crippen LogP contribution in [0.25, 0.3) is 16.9 Å². The molecular weight excluding hydrogens is 364 g/mol. The van der Waals surface area contributed by atoms with E-state index in [0.29, 0.717) is 6.54 Å². The van der Waals surface area contributed by atoms with Gasteiger partial charge in [0, 0.05) is 17.7 Å². The van der Waals surface area contributed by atoms with Crippen LogP contribution in [0.15, 0.2) is 54.6 Å². The molecule has 29 heavy (non-hydrogen) atoms. The number of para-hydroxylation sites is 1. The lowest BCUT2D eigenvalue weighted by Crippen LogP contribution is -2.31. The van der Waals surface area contributed by atoms with Gasteiger partial charge in [-0.3, -0.25) is 5.32 Å². The quantitative estimate of drug-likeness (QED) is 0.570. The highest BCUT2D eigenvalue weighted by Crippen LogP contribution is 2.33. The molecule has 146 valence electrons. The summed E-state index contributed by atoms with van der Waals surface area (Å²) in [6.45, 7) is 6.88. The van der Waals surface area contributed by atoms with Crippen molar-refractivity contribution in [2.45, 2.75) is 38.9 Å². The van der Waals surface area contributed by atoms with Crippen molar-refractivity contribution in [2.75, 3.05) is 0 Å². The third kappa shape index (κ3) is 2.92. The molecule has 2 aromatic carbocycles. The molecule has 0 bridgehead atoms. The van der Waals surface area contributed by atoms with E-state index in [-0.39, 0.29) is 11.6 Å². The minimum Gasteiger partial charge on any atom is -0.298 e. The molecule has 0 fully saturated rings. The Labute approximate surface area is 168 Å². The molecule has 1 aliphatic heterocycles. The van der Waals surface area contributed by atoms with E-state index in [4.69, 9.17) is 0 Å². The van der Waals surface area contributed by atoms with Crippen LogP contribution in [0.3, 0.4) is 0 Å². The van der Waals surface area contributed by atoms with Gasteiger partial charge in [0.2, 0.25) is 0 Å². The summed E-state index contributed by atoms with van der Waals surface area (Å²) < 4.78 is 3.81. The van der Waals surface area contributed by atoms with Gasteiger partial charge in [0.05, 0.1) is 23.0 Å². The average Bonchev–Trinajstić information content (AvgIpc) is 3.34. The number of rotatable bonds is 2. The molecule has 0 saturated heterocycles. The van der Waals surface area contributed by atoms with Gasteiger partial charge in [-0.1, -0.05) is 53.7 Å². The maximum absolute atomic E-state index is 4.49. The fraction of sp³-hybridized carbons (Fsp3) is 0.286. The van der Waals surface area contributed by atoms with Gasteiger partial charge in [0.15, 0.2) is 5.82 Å². The highest BCUT2D eigenvalue weighted by Gasteiger charge is 2.32. The van der Waals surface area contributed by atoms with E-state index >= 15 is 0 Å². The van der Waals surface area contributed by atoms with Gasteiger partial charge in [-0.05, 0) is 37.3 Å². The van der Waals surface area contributed by atoms with Crippen LogP contribution in [0, 0.1) is 0 Å². The van der Waals surface area contributed by atoms with E-state index in [1.807, 2.05) is 39.7 Å². The molecule has 0 saturated carbocycles. The number of benzene rings is 2. The number of nitrogens with one attached hydrogen (secondary N) is 1.